The van der Waals surface area contributed by atoms with Gasteiger partial charge in [-0.25, -0.2) is 0 Å². The molecule has 6 bridgehead atoms. The van der Waals surface area contributed by atoms with Crippen molar-refractivity contribution in [1.29, 1.82) is 0 Å². The van der Waals surface area contributed by atoms with Crippen molar-refractivity contribution in [3.8, 4) is 17.2 Å². The Morgan fingerprint density at radius 3 is 0.897 bits per heavy atom. The number of rotatable bonds is 3. The third-order valence-electron chi connectivity index (χ3n) is 8.09. The number of ether oxygens (including phenoxy) is 3. The molecule has 0 saturated heterocycles. The Bertz CT molecular complexity index is 1240. The highest BCUT2D eigenvalue weighted by Crippen LogP contribution is 2.38. The predicted octanol–water partition coefficient (Wildman–Crippen LogP) is 7.56. The first-order chi connectivity index (χ1) is 18.3. The zero-order valence-corrected chi connectivity index (χ0v) is 25.5. The summed E-state index contributed by atoms with van der Waals surface area (Å²) < 4.78 is 18.2. The van der Waals surface area contributed by atoms with Gasteiger partial charge < -0.3 is 19.9 Å². The zero-order valence-electron chi connectivity index (χ0n) is 25.5. The molecule has 2 N–H and O–H groups in total. The third-order valence-corrected chi connectivity index (χ3v) is 8.09. The van der Waals surface area contributed by atoms with Crippen LogP contribution in [0.3, 0.4) is 0 Å². The van der Waals surface area contributed by atoms with E-state index in [1.807, 2.05) is 0 Å². The molecule has 3 aromatic carbocycles. The van der Waals surface area contributed by atoms with Gasteiger partial charge in [0.25, 0.3) is 0 Å². The van der Waals surface area contributed by atoms with Gasteiger partial charge in [0.15, 0.2) is 0 Å². The first kappa shape index (κ1) is 28.9. The largest absolute Gasteiger partial charge is 0.496 e. The van der Waals surface area contributed by atoms with Crippen molar-refractivity contribution in [2.75, 3.05) is 27.1 Å². The smallest absolute Gasteiger partial charge is 0.125 e. The third kappa shape index (κ3) is 6.21. The molecule has 4 nitrogen and oxygen atoms in total. The molecule has 0 heterocycles. The molecule has 1 aliphatic rings. The first-order valence-corrected chi connectivity index (χ1v) is 14.2. The summed E-state index contributed by atoms with van der Waals surface area (Å²) in [5.74, 6) is 2.93. The molecule has 0 atom stereocenters. The van der Waals surface area contributed by atoms with Gasteiger partial charge in [0.2, 0.25) is 0 Å². The fraction of sp³-hybridized carbons (Fsp3) is 0.486. The Balaban J connectivity index is 1.98. The highest BCUT2D eigenvalue weighted by molar-refractivity contribution is 5.56. The Kier molecular flexibility index (Phi) is 8.25. The molecule has 210 valence electrons. The molecule has 1 aliphatic carbocycles. The molecule has 0 radical (unpaired) electrons. The van der Waals surface area contributed by atoms with E-state index >= 15 is 0 Å². The molecule has 3 aromatic rings. The number of fused-ring (bicyclic) bond motifs is 6. The molecule has 0 amide bonds. The van der Waals surface area contributed by atoms with Crippen LogP contribution in [0.2, 0.25) is 0 Å². The number of benzene rings is 3. The molecule has 39 heavy (non-hydrogen) atoms. The van der Waals surface area contributed by atoms with Crippen molar-refractivity contribution in [3.63, 3.8) is 0 Å². The highest BCUT2D eigenvalue weighted by Gasteiger charge is 2.24. The Morgan fingerprint density at radius 1 is 0.462 bits per heavy atom. The summed E-state index contributed by atoms with van der Waals surface area (Å²) in [7, 11) is 5.36. The van der Waals surface area contributed by atoms with Gasteiger partial charge in [-0.1, -0.05) is 65.8 Å². The van der Waals surface area contributed by atoms with Gasteiger partial charge in [-0.2, -0.15) is 0 Å². The molecule has 0 unspecified atom stereocenters. The van der Waals surface area contributed by atoms with E-state index in [4.69, 9.17) is 19.9 Å². The standard InChI is InChI=1S/C35H47NO3/c1-34(2,3)28-16-22-10-11-23-17-29(35(4,5)6)19-25(32(23)38-8)13-15-27-21-30(36)20-26(33(27)39-9)14-12-24(18-28)31(22)37-7/h16-21H,10-15,36H2,1-9H3. The number of nitrogens with two attached hydrogens (primary N) is 1. The minimum absolute atomic E-state index is 0.0255. The molecule has 4 heteroatoms. The number of methoxy groups -OCH3 is 3. The number of hydrogen-bond acceptors (Lipinski definition) is 4. The maximum atomic E-state index is 6.45. The van der Waals surface area contributed by atoms with Crippen molar-refractivity contribution < 1.29 is 14.2 Å². The summed E-state index contributed by atoms with van der Waals surface area (Å²) in [5, 5.41) is 0. The van der Waals surface area contributed by atoms with Gasteiger partial charge in [0.05, 0.1) is 21.3 Å². The lowest BCUT2D eigenvalue weighted by atomic mass is 9.82. The average molecular weight is 530 g/mol. The van der Waals surface area contributed by atoms with E-state index in [0.29, 0.717) is 0 Å². The fourth-order valence-corrected chi connectivity index (χ4v) is 5.86. The second kappa shape index (κ2) is 11.2. The van der Waals surface area contributed by atoms with Crippen LogP contribution in [0.4, 0.5) is 5.69 Å². The molecule has 0 saturated carbocycles. The topological polar surface area (TPSA) is 53.7 Å². The number of anilines is 1. The van der Waals surface area contributed by atoms with Crippen LogP contribution >= 0.6 is 0 Å². The Hall–Kier alpha value is -3.14. The number of hydrogen-bond donors (Lipinski definition) is 1. The van der Waals surface area contributed by atoms with Gasteiger partial charge in [-0.3, -0.25) is 0 Å². The number of aryl methyl sites for hydroxylation is 6. The van der Waals surface area contributed by atoms with Crippen LogP contribution in [0.15, 0.2) is 36.4 Å². The summed E-state index contributed by atoms with van der Waals surface area (Å²) >= 11 is 0. The lowest BCUT2D eigenvalue weighted by Gasteiger charge is -2.25. The van der Waals surface area contributed by atoms with E-state index < -0.39 is 0 Å². The van der Waals surface area contributed by atoms with Crippen molar-refractivity contribution in [2.24, 2.45) is 0 Å². The highest BCUT2D eigenvalue weighted by atomic mass is 16.5. The summed E-state index contributed by atoms with van der Waals surface area (Å²) in [5.41, 5.74) is 17.2. The Morgan fingerprint density at radius 2 is 0.692 bits per heavy atom. The maximum absolute atomic E-state index is 6.45. The van der Waals surface area contributed by atoms with E-state index in [0.717, 1.165) is 72.6 Å². The van der Waals surface area contributed by atoms with Crippen LogP contribution < -0.4 is 19.9 Å². The van der Waals surface area contributed by atoms with E-state index in [1.165, 1.54) is 33.4 Å². The SMILES string of the molecule is COc1c2cc(N)cc1CCc1cc(C(C)(C)C)cc(c1OC)CCc1cc(C(C)(C)C)cc(c1OC)CC2. The maximum Gasteiger partial charge on any atom is 0.125 e. The van der Waals surface area contributed by atoms with Gasteiger partial charge in [0.1, 0.15) is 17.2 Å². The van der Waals surface area contributed by atoms with Crippen molar-refractivity contribution in [2.45, 2.75) is 90.9 Å². The van der Waals surface area contributed by atoms with E-state index in [-0.39, 0.29) is 10.8 Å². The Labute approximate surface area is 235 Å². The van der Waals surface area contributed by atoms with Crippen LogP contribution in [0.25, 0.3) is 0 Å². The van der Waals surface area contributed by atoms with Crippen LogP contribution in [-0.2, 0) is 49.4 Å². The molecule has 0 fully saturated rings. The summed E-state index contributed by atoms with van der Waals surface area (Å²) in [4.78, 5) is 0. The monoisotopic (exact) mass is 529 g/mol. The summed E-state index contributed by atoms with van der Waals surface area (Å²) in [6, 6.07) is 13.5. The van der Waals surface area contributed by atoms with Gasteiger partial charge in [-0.15, -0.1) is 0 Å². The molecule has 4 rings (SSSR count). The van der Waals surface area contributed by atoms with E-state index in [2.05, 4.69) is 77.9 Å². The van der Waals surface area contributed by atoms with Crippen LogP contribution in [0.5, 0.6) is 17.2 Å². The molecular formula is C35H47NO3. The lowest BCUT2D eigenvalue weighted by molar-refractivity contribution is 0.399. The minimum atomic E-state index is 0.0255. The molecular weight excluding hydrogens is 482 g/mol. The average Bonchev–Trinajstić information content (AvgIpc) is 2.86. The second-order valence-electron chi connectivity index (χ2n) is 13.0. The minimum Gasteiger partial charge on any atom is -0.496 e. The normalized spacial score (nSPS) is 14.3. The van der Waals surface area contributed by atoms with Gasteiger partial charge in [-0.05, 0) is 106 Å². The zero-order chi connectivity index (χ0) is 28.5. The van der Waals surface area contributed by atoms with Crippen molar-refractivity contribution in [1.82, 2.24) is 0 Å². The van der Waals surface area contributed by atoms with Crippen molar-refractivity contribution in [3.05, 3.63) is 80.9 Å². The molecule has 0 spiro atoms. The second-order valence-corrected chi connectivity index (χ2v) is 13.0. The molecule has 0 aromatic heterocycles. The van der Waals surface area contributed by atoms with E-state index in [1.54, 1.807) is 21.3 Å². The summed E-state index contributed by atoms with van der Waals surface area (Å²) in [6.45, 7) is 13.7. The quantitative estimate of drug-likeness (QED) is 0.356. The molecule has 0 aliphatic heterocycles. The fourth-order valence-electron chi connectivity index (χ4n) is 5.86. The predicted molar refractivity (Wildman–Crippen MR) is 163 cm³/mol. The van der Waals surface area contributed by atoms with Gasteiger partial charge in [0, 0.05) is 5.69 Å². The van der Waals surface area contributed by atoms with Gasteiger partial charge >= 0.3 is 0 Å². The number of nitrogen functional groups attached to an aromatic ring is 1. The van der Waals surface area contributed by atoms with Crippen LogP contribution in [0, 0.1) is 0 Å². The summed E-state index contributed by atoms with van der Waals surface area (Å²) in [6.07, 6.45) is 5.13. The first-order valence-electron chi connectivity index (χ1n) is 14.2. The van der Waals surface area contributed by atoms with Crippen molar-refractivity contribution >= 4 is 5.69 Å². The van der Waals surface area contributed by atoms with Crippen LogP contribution in [-0.4, -0.2) is 21.3 Å². The van der Waals surface area contributed by atoms with Crippen LogP contribution in [0.1, 0.15) is 86.1 Å². The van der Waals surface area contributed by atoms with E-state index in [9.17, 15) is 0 Å². The lowest BCUT2D eigenvalue weighted by Crippen LogP contribution is -2.15.